The molecule has 2 rings (SSSR count). The standard InChI is InChI=1S/C12H17NO5S2/c1-12(2)8(5-9(12)18-3)13-20(16,17)10-4-7(6-19-10)11(14)15/h4,6,8-9,13H,5H2,1-3H3,(H,14,15). The van der Waals surface area contributed by atoms with Crippen LogP contribution in [0.3, 0.4) is 0 Å². The number of aromatic carboxylic acids is 1. The van der Waals surface area contributed by atoms with Gasteiger partial charge in [-0.15, -0.1) is 11.3 Å². The molecule has 0 aliphatic heterocycles. The Morgan fingerprint density at radius 2 is 2.20 bits per heavy atom. The molecule has 1 aliphatic rings. The van der Waals surface area contributed by atoms with Crippen molar-refractivity contribution in [3.8, 4) is 0 Å². The Balaban J connectivity index is 2.14. The van der Waals surface area contributed by atoms with Crippen molar-refractivity contribution < 1.29 is 23.1 Å². The zero-order valence-corrected chi connectivity index (χ0v) is 13.0. The van der Waals surface area contributed by atoms with Gasteiger partial charge in [0.2, 0.25) is 10.0 Å². The summed E-state index contributed by atoms with van der Waals surface area (Å²) in [4.78, 5) is 10.8. The van der Waals surface area contributed by atoms with Gasteiger partial charge in [-0.1, -0.05) is 13.8 Å². The van der Waals surface area contributed by atoms with Gasteiger partial charge >= 0.3 is 5.97 Å². The molecule has 2 N–H and O–H groups in total. The van der Waals surface area contributed by atoms with Crippen molar-refractivity contribution in [1.29, 1.82) is 0 Å². The zero-order chi connectivity index (χ0) is 15.1. The highest BCUT2D eigenvalue weighted by Crippen LogP contribution is 2.43. The van der Waals surface area contributed by atoms with Crippen LogP contribution in [0.25, 0.3) is 0 Å². The minimum Gasteiger partial charge on any atom is -0.478 e. The number of carbonyl (C=O) groups is 1. The summed E-state index contributed by atoms with van der Waals surface area (Å²) < 4.78 is 32.4. The minimum absolute atomic E-state index is 0.0157. The lowest BCUT2D eigenvalue weighted by molar-refractivity contribution is -0.0908. The van der Waals surface area contributed by atoms with Crippen LogP contribution in [-0.2, 0) is 14.8 Å². The van der Waals surface area contributed by atoms with E-state index in [1.54, 1.807) is 7.11 Å². The molecule has 1 aromatic rings. The molecule has 6 nitrogen and oxygen atoms in total. The fourth-order valence-electron chi connectivity index (χ4n) is 2.30. The van der Waals surface area contributed by atoms with Gasteiger partial charge in [-0.25, -0.2) is 17.9 Å². The fourth-order valence-corrected chi connectivity index (χ4v) is 4.88. The molecule has 2 atom stereocenters. The van der Waals surface area contributed by atoms with Gasteiger partial charge in [0.05, 0.1) is 11.7 Å². The van der Waals surface area contributed by atoms with Crippen molar-refractivity contribution in [1.82, 2.24) is 4.72 Å². The van der Waals surface area contributed by atoms with Crippen LogP contribution in [0, 0.1) is 5.41 Å². The molecule has 0 spiro atoms. The monoisotopic (exact) mass is 319 g/mol. The van der Waals surface area contributed by atoms with Crippen molar-refractivity contribution in [3.05, 3.63) is 17.0 Å². The highest BCUT2D eigenvalue weighted by atomic mass is 32.2. The molecular formula is C12H17NO5S2. The normalized spacial score (nSPS) is 25.1. The van der Waals surface area contributed by atoms with Crippen LogP contribution in [0.1, 0.15) is 30.6 Å². The van der Waals surface area contributed by atoms with Crippen molar-refractivity contribution in [2.45, 2.75) is 36.6 Å². The quantitative estimate of drug-likeness (QED) is 0.859. The molecule has 1 aliphatic carbocycles. The largest absolute Gasteiger partial charge is 0.478 e. The maximum Gasteiger partial charge on any atom is 0.336 e. The predicted octanol–water partition coefficient (Wildman–Crippen LogP) is 1.54. The summed E-state index contributed by atoms with van der Waals surface area (Å²) in [6.07, 6.45) is 0.632. The van der Waals surface area contributed by atoms with E-state index in [2.05, 4.69) is 4.72 Å². The van der Waals surface area contributed by atoms with Crippen LogP contribution in [0.4, 0.5) is 0 Å². The number of hydrogen-bond donors (Lipinski definition) is 2. The third kappa shape index (κ3) is 2.60. The first-order chi connectivity index (χ1) is 9.18. The van der Waals surface area contributed by atoms with Gasteiger partial charge in [-0.3, -0.25) is 0 Å². The Morgan fingerprint density at radius 3 is 2.65 bits per heavy atom. The molecule has 20 heavy (non-hydrogen) atoms. The molecule has 1 saturated carbocycles. The molecule has 0 amide bonds. The molecule has 1 aromatic heterocycles. The summed E-state index contributed by atoms with van der Waals surface area (Å²) in [5.74, 6) is -1.13. The molecule has 0 bridgehead atoms. The molecule has 1 fully saturated rings. The Bertz CT molecular complexity index is 620. The van der Waals surface area contributed by atoms with E-state index in [9.17, 15) is 13.2 Å². The van der Waals surface area contributed by atoms with Crippen molar-refractivity contribution in [2.24, 2.45) is 5.41 Å². The average Bonchev–Trinajstić information content (AvgIpc) is 2.84. The fraction of sp³-hybridized carbons (Fsp3) is 0.583. The number of ether oxygens (including phenoxy) is 1. The lowest BCUT2D eigenvalue weighted by Crippen LogP contribution is -2.61. The molecule has 0 radical (unpaired) electrons. The number of methoxy groups -OCH3 is 1. The predicted molar refractivity (Wildman–Crippen MR) is 74.6 cm³/mol. The van der Waals surface area contributed by atoms with Gasteiger partial charge in [0.25, 0.3) is 0 Å². The minimum atomic E-state index is -3.69. The summed E-state index contributed by atoms with van der Waals surface area (Å²) in [5, 5.41) is 10.1. The van der Waals surface area contributed by atoms with Gasteiger partial charge in [0.1, 0.15) is 4.21 Å². The van der Waals surface area contributed by atoms with E-state index in [4.69, 9.17) is 9.84 Å². The van der Waals surface area contributed by atoms with Gasteiger partial charge < -0.3 is 9.84 Å². The highest BCUT2D eigenvalue weighted by Gasteiger charge is 2.50. The molecular weight excluding hydrogens is 302 g/mol. The number of sulfonamides is 1. The number of hydrogen-bond acceptors (Lipinski definition) is 5. The zero-order valence-electron chi connectivity index (χ0n) is 11.4. The number of nitrogens with one attached hydrogen (secondary N) is 1. The summed E-state index contributed by atoms with van der Waals surface area (Å²) in [6.45, 7) is 3.88. The van der Waals surface area contributed by atoms with E-state index in [-0.39, 0.29) is 27.3 Å². The van der Waals surface area contributed by atoms with Crippen molar-refractivity contribution in [2.75, 3.05) is 7.11 Å². The van der Waals surface area contributed by atoms with Crippen LogP contribution in [0.5, 0.6) is 0 Å². The van der Waals surface area contributed by atoms with E-state index in [0.717, 1.165) is 11.3 Å². The molecule has 8 heteroatoms. The molecule has 2 unspecified atom stereocenters. The molecule has 0 aromatic carbocycles. The van der Waals surface area contributed by atoms with Crippen LogP contribution >= 0.6 is 11.3 Å². The second kappa shape index (κ2) is 5.10. The lowest BCUT2D eigenvalue weighted by Gasteiger charge is -2.50. The smallest absolute Gasteiger partial charge is 0.336 e. The van der Waals surface area contributed by atoms with Crippen LogP contribution in [-0.4, -0.2) is 38.7 Å². The van der Waals surface area contributed by atoms with Crippen LogP contribution in [0.2, 0.25) is 0 Å². The first-order valence-electron chi connectivity index (χ1n) is 6.05. The topological polar surface area (TPSA) is 92.7 Å². The SMILES string of the molecule is COC1CC(NS(=O)(=O)c2cc(C(=O)O)cs2)C1(C)C. The average molecular weight is 319 g/mol. The number of rotatable bonds is 5. The summed E-state index contributed by atoms with van der Waals surface area (Å²) in [7, 11) is -2.08. The van der Waals surface area contributed by atoms with Crippen molar-refractivity contribution >= 4 is 27.3 Å². The number of carboxylic acid groups (broad SMARTS) is 1. The van der Waals surface area contributed by atoms with Crippen LogP contribution < -0.4 is 4.72 Å². The molecule has 0 saturated heterocycles. The third-order valence-electron chi connectivity index (χ3n) is 3.85. The van der Waals surface area contributed by atoms with E-state index in [1.807, 2.05) is 13.8 Å². The summed E-state index contributed by atoms with van der Waals surface area (Å²) in [6, 6.07) is 0.960. The molecule has 112 valence electrons. The first-order valence-corrected chi connectivity index (χ1v) is 8.41. The van der Waals surface area contributed by atoms with Crippen LogP contribution in [0.15, 0.2) is 15.7 Å². The first kappa shape index (κ1) is 15.4. The second-order valence-corrected chi connectivity index (χ2v) is 8.27. The Morgan fingerprint density at radius 1 is 1.55 bits per heavy atom. The van der Waals surface area contributed by atoms with Crippen molar-refractivity contribution in [3.63, 3.8) is 0 Å². The Labute approximate surface area is 121 Å². The van der Waals surface area contributed by atoms with Gasteiger partial charge in [0.15, 0.2) is 0 Å². The van der Waals surface area contributed by atoms with E-state index in [0.29, 0.717) is 6.42 Å². The van der Waals surface area contributed by atoms with Gasteiger partial charge in [0, 0.05) is 23.9 Å². The summed E-state index contributed by atoms with van der Waals surface area (Å²) >= 11 is 0.906. The van der Waals surface area contributed by atoms with Gasteiger partial charge in [-0.05, 0) is 12.5 Å². The second-order valence-electron chi connectivity index (χ2n) is 5.41. The number of thiophene rings is 1. The maximum absolute atomic E-state index is 12.2. The van der Waals surface area contributed by atoms with Gasteiger partial charge in [-0.2, -0.15) is 0 Å². The van der Waals surface area contributed by atoms with E-state index in [1.165, 1.54) is 11.4 Å². The lowest BCUT2D eigenvalue weighted by atomic mass is 9.65. The maximum atomic E-state index is 12.2. The molecule has 1 heterocycles. The highest BCUT2D eigenvalue weighted by molar-refractivity contribution is 7.91. The van der Waals surface area contributed by atoms with E-state index < -0.39 is 16.0 Å². The van der Waals surface area contributed by atoms with E-state index >= 15 is 0 Å². The Hall–Kier alpha value is -0.960. The third-order valence-corrected chi connectivity index (χ3v) is 6.76. The summed E-state index contributed by atoms with van der Waals surface area (Å²) in [5.41, 5.74) is -0.299. The number of carboxylic acids is 1. The Kier molecular flexibility index (Phi) is 3.94.